The number of aromatic nitrogens is 4. The Morgan fingerprint density at radius 3 is 1.46 bits per heavy atom. The molecule has 24 heavy (non-hydrogen) atoms. The molecular formula is C12H4F6N4O2. The molecule has 0 N–H and O–H groups in total. The molecule has 12 heteroatoms. The normalized spacial score (nSPS) is 12.6. The number of halogens is 6. The summed E-state index contributed by atoms with van der Waals surface area (Å²) in [6.45, 7) is 0. The highest BCUT2D eigenvalue weighted by Gasteiger charge is 2.39. The van der Waals surface area contributed by atoms with E-state index in [0.717, 1.165) is 0 Å². The van der Waals surface area contributed by atoms with Gasteiger partial charge in [-0.1, -0.05) is 28.5 Å². The zero-order chi connectivity index (χ0) is 17.5. The molecule has 2 aromatic heterocycles. The standard InChI is InChI=1S/C12H4F6N4O2/c13-11(14,15)9-19-7(21-23-9)5-2-1-3-6(4-5)8-20-10(24-22-8)12(16,17)18/h1-4H. The molecule has 0 aliphatic heterocycles. The van der Waals surface area contributed by atoms with Gasteiger partial charge in [-0.3, -0.25) is 0 Å². The fraction of sp³-hybridized carbons (Fsp3) is 0.167. The SMILES string of the molecule is FC(F)(F)c1nc(-c2cccc(-c3noc(C(F)(F)F)n3)c2)no1. The number of nitrogens with zero attached hydrogens (tertiary/aromatic N) is 4. The molecule has 0 aliphatic rings. The minimum atomic E-state index is -4.81. The van der Waals surface area contributed by atoms with Crippen molar-refractivity contribution in [2.75, 3.05) is 0 Å². The molecule has 126 valence electrons. The lowest BCUT2D eigenvalue weighted by atomic mass is 10.1. The molecule has 0 fully saturated rings. The predicted molar refractivity (Wildman–Crippen MR) is 63.0 cm³/mol. The van der Waals surface area contributed by atoms with Crippen LogP contribution in [0, 0.1) is 0 Å². The molecule has 3 aromatic rings. The Bertz CT molecular complexity index is 799. The first-order chi connectivity index (χ1) is 11.1. The molecule has 0 unspecified atom stereocenters. The zero-order valence-electron chi connectivity index (χ0n) is 11.2. The van der Waals surface area contributed by atoms with Gasteiger partial charge in [0.05, 0.1) is 0 Å². The quantitative estimate of drug-likeness (QED) is 0.654. The summed E-state index contributed by atoms with van der Waals surface area (Å²) in [7, 11) is 0. The maximum Gasteiger partial charge on any atom is 0.471 e. The topological polar surface area (TPSA) is 77.8 Å². The maximum atomic E-state index is 12.4. The van der Waals surface area contributed by atoms with Gasteiger partial charge in [-0.05, 0) is 6.07 Å². The molecule has 0 spiro atoms. The summed E-state index contributed by atoms with van der Waals surface area (Å²) in [6, 6.07) is 5.26. The van der Waals surface area contributed by atoms with Gasteiger partial charge < -0.3 is 9.05 Å². The Labute approximate surface area is 128 Å². The number of hydrogen-bond donors (Lipinski definition) is 0. The van der Waals surface area contributed by atoms with E-state index in [0.29, 0.717) is 0 Å². The monoisotopic (exact) mass is 350 g/mol. The molecular weight excluding hydrogens is 346 g/mol. The molecule has 1 aromatic carbocycles. The molecule has 0 radical (unpaired) electrons. The van der Waals surface area contributed by atoms with Crippen LogP contribution in [0.25, 0.3) is 22.8 Å². The van der Waals surface area contributed by atoms with Crippen LogP contribution in [0.4, 0.5) is 26.3 Å². The third-order valence-electron chi connectivity index (χ3n) is 2.72. The van der Waals surface area contributed by atoms with E-state index < -0.39 is 24.1 Å². The molecule has 2 heterocycles. The lowest BCUT2D eigenvalue weighted by Gasteiger charge is -1.98. The first-order valence-electron chi connectivity index (χ1n) is 6.07. The van der Waals surface area contributed by atoms with Crippen LogP contribution in [0.5, 0.6) is 0 Å². The van der Waals surface area contributed by atoms with Crippen LogP contribution in [0.15, 0.2) is 33.3 Å². The summed E-state index contributed by atoms with van der Waals surface area (Å²) >= 11 is 0. The number of rotatable bonds is 2. The van der Waals surface area contributed by atoms with Gasteiger partial charge in [0.25, 0.3) is 0 Å². The van der Waals surface area contributed by atoms with Crippen molar-refractivity contribution in [2.24, 2.45) is 0 Å². The van der Waals surface area contributed by atoms with Crippen molar-refractivity contribution in [1.82, 2.24) is 20.3 Å². The first-order valence-corrected chi connectivity index (χ1v) is 6.07. The summed E-state index contributed by atoms with van der Waals surface area (Å²) in [4.78, 5) is 6.37. The van der Waals surface area contributed by atoms with Gasteiger partial charge in [-0.2, -0.15) is 36.3 Å². The van der Waals surface area contributed by atoms with Crippen molar-refractivity contribution in [3.8, 4) is 22.8 Å². The third kappa shape index (κ3) is 3.07. The van der Waals surface area contributed by atoms with Crippen molar-refractivity contribution in [3.63, 3.8) is 0 Å². The van der Waals surface area contributed by atoms with Gasteiger partial charge in [-0.15, -0.1) is 0 Å². The van der Waals surface area contributed by atoms with Gasteiger partial charge in [0.1, 0.15) is 0 Å². The molecule has 0 amide bonds. The van der Waals surface area contributed by atoms with Crippen LogP contribution in [-0.2, 0) is 12.4 Å². The van der Waals surface area contributed by atoms with E-state index in [4.69, 9.17) is 0 Å². The minimum Gasteiger partial charge on any atom is -0.329 e. The van der Waals surface area contributed by atoms with Crippen LogP contribution in [0.2, 0.25) is 0 Å². The molecule has 6 nitrogen and oxygen atoms in total. The van der Waals surface area contributed by atoms with Gasteiger partial charge in [0.15, 0.2) is 0 Å². The van der Waals surface area contributed by atoms with Crippen LogP contribution in [0.1, 0.15) is 11.8 Å². The smallest absolute Gasteiger partial charge is 0.329 e. The second-order valence-corrected chi connectivity index (χ2v) is 4.42. The van der Waals surface area contributed by atoms with Crippen molar-refractivity contribution >= 4 is 0 Å². The van der Waals surface area contributed by atoms with Crippen molar-refractivity contribution < 1.29 is 35.4 Å². The first kappa shape index (κ1) is 16.0. The van der Waals surface area contributed by atoms with Gasteiger partial charge >= 0.3 is 24.1 Å². The molecule has 0 aliphatic carbocycles. The second-order valence-electron chi connectivity index (χ2n) is 4.42. The minimum absolute atomic E-state index is 0.0742. The average Bonchev–Trinajstić information content (AvgIpc) is 3.16. The van der Waals surface area contributed by atoms with Crippen LogP contribution in [0.3, 0.4) is 0 Å². The molecule has 3 rings (SSSR count). The number of hydrogen-bond acceptors (Lipinski definition) is 6. The summed E-state index contributed by atoms with van der Waals surface area (Å²) in [5, 5.41) is 6.36. The van der Waals surface area contributed by atoms with Gasteiger partial charge in [-0.25, -0.2) is 0 Å². The van der Waals surface area contributed by atoms with E-state index >= 15 is 0 Å². The van der Waals surface area contributed by atoms with Crippen LogP contribution in [-0.4, -0.2) is 20.3 Å². The highest BCUT2D eigenvalue weighted by Crippen LogP contribution is 2.32. The van der Waals surface area contributed by atoms with Crippen molar-refractivity contribution in [3.05, 3.63) is 36.0 Å². The average molecular weight is 350 g/mol. The Kier molecular flexibility index (Phi) is 3.53. The van der Waals surface area contributed by atoms with Crippen molar-refractivity contribution in [2.45, 2.75) is 12.4 Å². The molecule has 0 saturated carbocycles. The van der Waals surface area contributed by atoms with Gasteiger partial charge in [0, 0.05) is 11.1 Å². The predicted octanol–water partition coefficient (Wildman–Crippen LogP) is 3.82. The summed E-state index contributed by atoms with van der Waals surface area (Å²) in [5.41, 5.74) is 0.148. The van der Waals surface area contributed by atoms with E-state index in [1.54, 1.807) is 0 Å². The number of benzene rings is 1. The van der Waals surface area contributed by atoms with E-state index in [1.165, 1.54) is 24.3 Å². The molecule has 0 bridgehead atoms. The van der Waals surface area contributed by atoms with Crippen molar-refractivity contribution in [1.29, 1.82) is 0 Å². The lowest BCUT2D eigenvalue weighted by molar-refractivity contribution is -0.160. The van der Waals surface area contributed by atoms with E-state index in [9.17, 15) is 26.3 Å². The Hall–Kier alpha value is -2.92. The fourth-order valence-electron chi connectivity index (χ4n) is 1.71. The third-order valence-corrected chi connectivity index (χ3v) is 2.72. The van der Waals surface area contributed by atoms with E-state index in [-0.39, 0.29) is 22.8 Å². The van der Waals surface area contributed by atoms with E-state index in [1.807, 2.05) is 0 Å². The Morgan fingerprint density at radius 1 is 0.708 bits per heavy atom. The van der Waals surface area contributed by atoms with Gasteiger partial charge in [0.2, 0.25) is 11.6 Å². The fourth-order valence-corrected chi connectivity index (χ4v) is 1.71. The Morgan fingerprint density at radius 2 is 1.12 bits per heavy atom. The van der Waals surface area contributed by atoms with Crippen LogP contribution < -0.4 is 0 Å². The van der Waals surface area contributed by atoms with E-state index in [2.05, 4.69) is 29.3 Å². The summed E-state index contributed by atoms with van der Waals surface area (Å²) < 4.78 is 82.8. The Balaban J connectivity index is 1.95. The molecule has 0 saturated heterocycles. The van der Waals surface area contributed by atoms with Crippen LogP contribution >= 0.6 is 0 Å². The second kappa shape index (κ2) is 5.32. The summed E-state index contributed by atoms with van der Waals surface area (Å²) in [6.07, 6.45) is -9.61. The summed E-state index contributed by atoms with van der Waals surface area (Å²) in [5.74, 6) is -3.85. The largest absolute Gasteiger partial charge is 0.471 e. The lowest BCUT2D eigenvalue weighted by Crippen LogP contribution is -2.05. The highest BCUT2D eigenvalue weighted by atomic mass is 19.4. The molecule has 0 atom stereocenters. The number of alkyl halides is 6. The zero-order valence-corrected chi connectivity index (χ0v) is 11.2. The highest BCUT2D eigenvalue weighted by molar-refractivity contribution is 5.65. The maximum absolute atomic E-state index is 12.4.